The molecule has 1 N–H and O–H groups in total. The number of para-hydroxylation sites is 1. The molecule has 0 saturated carbocycles. The van der Waals surface area contributed by atoms with Crippen LogP contribution in [0.3, 0.4) is 0 Å². The minimum atomic E-state index is 0.309. The van der Waals surface area contributed by atoms with E-state index < -0.39 is 0 Å². The van der Waals surface area contributed by atoms with Crippen LogP contribution >= 0.6 is 12.2 Å². The summed E-state index contributed by atoms with van der Waals surface area (Å²) < 4.78 is 2.31. The van der Waals surface area contributed by atoms with Crippen LogP contribution in [0.2, 0.25) is 0 Å². The molecule has 2 aromatic carbocycles. The molecule has 0 radical (unpaired) electrons. The smallest absolute Gasteiger partial charge is 0.173 e. The van der Waals surface area contributed by atoms with Gasteiger partial charge in [0.25, 0.3) is 0 Å². The maximum atomic E-state index is 5.74. The Morgan fingerprint density at radius 1 is 1.15 bits per heavy atom. The van der Waals surface area contributed by atoms with Gasteiger partial charge in [-0.25, -0.2) is 0 Å². The molecule has 136 valence electrons. The molecule has 0 saturated heterocycles. The summed E-state index contributed by atoms with van der Waals surface area (Å²) in [7, 11) is 0. The van der Waals surface area contributed by atoms with Crippen LogP contribution < -0.4 is 5.32 Å². The van der Waals surface area contributed by atoms with Crippen LogP contribution in [0.4, 0.5) is 5.69 Å². The first-order valence-corrected chi connectivity index (χ1v) is 9.61. The van der Waals surface area contributed by atoms with E-state index in [4.69, 9.17) is 12.2 Å². The van der Waals surface area contributed by atoms with E-state index in [0.29, 0.717) is 6.04 Å². The zero-order valence-corrected chi connectivity index (χ0v) is 16.8. The normalized spacial score (nSPS) is 11.1. The number of thiocarbonyl (C=S) groups is 1. The molecule has 1 heterocycles. The van der Waals surface area contributed by atoms with Crippen LogP contribution in [0.1, 0.15) is 31.9 Å². The van der Waals surface area contributed by atoms with Gasteiger partial charge in [0.2, 0.25) is 0 Å². The van der Waals surface area contributed by atoms with Gasteiger partial charge in [-0.2, -0.15) is 0 Å². The molecule has 3 rings (SSSR count). The third-order valence-electron chi connectivity index (χ3n) is 4.71. The molecule has 26 heavy (non-hydrogen) atoms. The van der Waals surface area contributed by atoms with Gasteiger partial charge in [-0.3, -0.25) is 0 Å². The molecule has 0 amide bonds. The Balaban J connectivity index is 1.86. The largest absolute Gasteiger partial charge is 0.347 e. The molecule has 0 aliphatic carbocycles. The molecule has 3 nitrogen and oxygen atoms in total. The highest BCUT2D eigenvalue weighted by atomic mass is 32.1. The van der Waals surface area contributed by atoms with E-state index >= 15 is 0 Å². The van der Waals surface area contributed by atoms with Crippen LogP contribution in [0.5, 0.6) is 0 Å². The second kappa shape index (κ2) is 7.92. The number of fused-ring (bicyclic) bond motifs is 1. The quantitative estimate of drug-likeness (QED) is 0.596. The SMILES string of the molecule is CCn1cc(CN(C(=S)Nc2cccc(C)c2)C(C)C)c2ccccc21. The van der Waals surface area contributed by atoms with Crippen LogP contribution in [0.15, 0.2) is 54.7 Å². The molecule has 0 fully saturated rings. The molecular formula is C22H27N3S. The number of benzene rings is 2. The molecular weight excluding hydrogens is 338 g/mol. The van der Waals surface area contributed by atoms with Gasteiger partial charge in [0.15, 0.2) is 5.11 Å². The van der Waals surface area contributed by atoms with Crippen molar-refractivity contribution in [3.8, 4) is 0 Å². The first kappa shape index (κ1) is 18.5. The van der Waals surface area contributed by atoms with Crippen LogP contribution in [0.25, 0.3) is 10.9 Å². The Hall–Kier alpha value is -2.33. The monoisotopic (exact) mass is 365 g/mol. The fourth-order valence-corrected chi connectivity index (χ4v) is 3.69. The van der Waals surface area contributed by atoms with Gasteiger partial charge in [0, 0.05) is 41.9 Å². The van der Waals surface area contributed by atoms with Gasteiger partial charge in [0.05, 0.1) is 0 Å². The lowest BCUT2D eigenvalue weighted by molar-refractivity contribution is 0.349. The lowest BCUT2D eigenvalue weighted by atomic mass is 10.1. The molecule has 0 spiro atoms. The zero-order chi connectivity index (χ0) is 18.7. The van der Waals surface area contributed by atoms with Crippen molar-refractivity contribution in [1.82, 2.24) is 9.47 Å². The van der Waals surface area contributed by atoms with Crippen molar-refractivity contribution in [3.63, 3.8) is 0 Å². The van der Waals surface area contributed by atoms with Gasteiger partial charge in [-0.05, 0) is 69.2 Å². The third-order valence-corrected chi connectivity index (χ3v) is 5.04. The van der Waals surface area contributed by atoms with E-state index in [-0.39, 0.29) is 0 Å². The number of hydrogen-bond donors (Lipinski definition) is 1. The Morgan fingerprint density at radius 2 is 1.92 bits per heavy atom. The van der Waals surface area contributed by atoms with E-state index in [1.807, 2.05) is 0 Å². The van der Waals surface area contributed by atoms with Crippen LogP contribution in [0, 0.1) is 6.92 Å². The number of nitrogens with one attached hydrogen (secondary N) is 1. The van der Waals surface area contributed by atoms with E-state index in [0.717, 1.165) is 23.9 Å². The summed E-state index contributed by atoms with van der Waals surface area (Å²) in [5.74, 6) is 0. The molecule has 0 unspecified atom stereocenters. The third kappa shape index (κ3) is 3.91. The second-order valence-corrected chi connectivity index (χ2v) is 7.37. The Kier molecular flexibility index (Phi) is 5.62. The van der Waals surface area contributed by atoms with E-state index in [1.54, 1.807) is 0 Å². The summed E-state index contributed by atoms with van der Waals surface area (Å²) in [6.07, 6.45) is 2.26. The average Bonchev–Trinajstić information content (AvgIpc) is 2.97. The molecule has 0 atom stereocenters. The number of rotatable bonds is 5. The second-order valence-electron chi connectivity index (χ2n) is 6.98. The van der Waals surface area contributed by atoms with Gasteiger partial charge >= 0.3 is 0 Å². The lowest BCUT2D eigenvalue weighted by Gasteiger charge is -2.29. The van der Waals surface area contributed by atoms with Gasteiger partial charge in [0.1, 0.15) is 0 Å². The highest BCUT2D eigenvalue weighted by molar-refractivity contribution is 7.80. The number of aromatic nitrogens is 1. The van der Waals surface area contributed by atoms with Gasteiger partial charge < -0.3 is 14.8 Å². The Labute approximate surface area is 161 Å². The fourth-order valence-electron chi connectivity index (χ4n) is 3.30. The van der Waals surface area contributed by atoms with E-state index in [1.165, 1.54) is 22.0 Å². The predicted molar refractivity (Wildman–Crippen MR) is 116 cm³/mol. The molecule has 1 aromatic heterocycles. The number of hydrogen-bond acceptors (Lipinski definition) is 1. The zero-order valence-electron chi connectivity index (χ0n) is 16.0. The standard InChI is InChI=1S/C22H27N3S/c1-5-24-14-18(20-11-6-7-12-21(20)24)15-25(16(2)3)22(26)23-19-10-8-9-17(4)13-19/h6-14,16H,5,15H2,1-4H3,(H,23,26). The van der Waals surface area contributed by atoms with Crippen molar-refractivity contribution in [1.29, 1.82) is 0 Å². The van der Waals surface area contributed by atoms with Gasteiger partial charge in [-0.15, -0.1) is 0 Å². The summed E-state index contributed by atoms with van der Waals surface area (Å²) in [6.45, 7) is 10.4. The van der Waals surface area contributed by atoms with Crippen molar-refractivity contribution >= 4 is 33.9 Å². The average molecular weight is 366 g/mol. The summed E-state index contributed by atoms with van der Waals surface area (Å²) in [5.41, 5.74) is 4.85. The first-order valence-electron chi connectivity index (χ1n) is 9.20. The summed E-state index contributed by atoms with van der Waals surface area (Å²) in [4.78, 5) is 2.25. The number of aryl methyl sites for hydroxylation is 2. The van der Waals surface area contributed by atoms with Crippen molar-refractivity contribution in [2.24, 2.45) is 0 Å². The summed E-state index contributed by atoms with van der Waals surface area (Å²) in [5, 5.41) is 5.47. The van der Waals surface area contributed by atoms with Crippen molar-refractivity contribution in [2.75, 3.05) is 5.32 Å². The number of nitrogens with zero attached hydrogens (tertiary/aromatic N) is 2. The summed E-state index contributed by atoms with van der Waals surface area (Å²) in [6, 6.07) is 17.2. The molecule has 0 aliphatic heterocycles. The first-order chi connectivity index (χ1) is 12.5. The lowest BCUT2D eigenvalue weighted by Crippen LogP contribution is -2.39. The Morgan fingerprint density at radius 3 is 2.62 bits per heavy atom. The predicted octanol–water partition coefficient (Wildman–Crippen LogP) is 5.58. The minimum absolute atomic E-state index is 0.309. The van der Waals surface area contributed by atoms with E-state index in [9.17, 15) is 0 Å². The van der Waals surface area contributed by atoms with Crippen LogP contribution in [-0.4, -0.2) is 20.6 Å². The topological polar surface area (TPSA) is 20.2 Å². The van der Waals surface area contributed by atoms with Crippen molar-refractivity contribution in [3.05, 3.63) is 65.9 Å². The molecule has 0 aliphatic rings. The molecule has 4 heteroatoms. The number of anilines is 1. The minimum Gasteiger partial charge on any atom is -0.347 e. The van der Waals surface area contributed by atoms with Gasteiger partial charge in [-0.1, -0.05) is 30.3 Å². The summed E-state index contributed by atoms with van der Waals surface area (Å²) >= 11 is 5.74. The highest BCUT2D eigenvalue weighted by Crippen LogP contribution is 2.24. The highest BCUT2D eigenvalue weighted by Gasteiger charge is 2.17. The molecule has 3 aromatic rings. The van der Waals surface area contributed by atoms with Crippen molar-refractivity contribution in [2.45, 2.75) is 46.8 Å². The van der Waals surface area contributed by atoms with Crippen molar-refractivity contribution < 1.29 is 0 Å². The molecule has 0 bridgehead atoms. The van der Waals surface area contributed by atoms with E-state index in [2.05, 4.69) is 97.2 Å². The maximum absolute atomic E-state index is 5.74. The maximum Gasteiger partial charge on any atom is 0.173 e. The Bertz CT molecular complexity index is 911. The van der Waals surface area contributed by atoms with Crippen LogP contribution in [-0.2, 0) is 13.1 Å². The fraction of sp³-hybridized carbons (Fsp3) is 0.318.